The van der Waals surface area contributed by atoms with Gasteiger partial charge in [-0.05, 0) is 44.2 Å². The molecule has 0 atom stereocenters. The fraction of sp³-hybridized carbons (Fsp3) is 0.154. The molecule has 0 saturated heterocycles. The van der Waals surface area contributed by atoms with Gasteiger partial charge in [0.2, 0.25) is 0 Å². The van der Waals surface area contributed by atoms with Crippen molar-refractivity contribution in [3.05, 3.63) is 54.8 Å². The summed E-state index contributed by atoms with van der Waals surface area (Å²) >= 11 is 0. The number of allylic oxidation sites excluding steroid dienone is 2. The molecule has 0 aliphatic heterocycles. The van der Waals surface area contributed by atoms with Crippen LogP contribution in [0.3, 0.4) is 0 Å². The molecular formula is C13H14N2O. The van der Waals surface area contributed by atoms with E-state index in [-0.39, 0.29) is 0 Å². The van der Waals surface area contributed by atoms with Gasteiger partial charge in [0, 0.05) is 18.1 Å². The monoisotopic (exact) mass is 214 g/mol. The van der Waals surface area contributed by atoms with E-state index in [1.807, 2.05) is 55.0 Å². The van der Waals surface area contributed by atoms with Crippen molar-refractivity contribution < 1.29 is 4.74 Å². The second-order valence-corrected chi connectivity index (χ2v) is 3.47. The lowest BCUT2D eigenvalue weighted by molar-refractivity contribution is 0.426. The van der Waals surface area contributed by atoms with Crippen molar-refractivity contribution in [3.63, 3.8) is 0 Å². The summed E-state index contributed by atoms with van der Waals surface area (Å²) in [5.74, 6) is 1.75. The Morgan fingerprint density at radius 3 is 2.62 bits per heavy atom. The highest BCUT2D eigenvalue weighted by Gasteiger charge is 1.97. The Hall–Kier alpha value is -2.03. The standard InChI is InChI=1S/C13H14N2O/c1-3-11(2)16-13-6-4-12(5-7-13)15-9-8-14-10-15/h3-10H,1-2H3. The zero-order chi connectivity index (χ0) is 11.4. The van der Waals surface area contributed by atoms with E-state index in [0.29, 0.717) is 0 Å². The van der Waals surface area contributed by atoms with Crippen LogP contribution in [0.1, 0.15) is 13.8 Å². The maximum absolute atomic E-state index is 5.57. The zero-order valence-electron chi connectivity index (χ0n) is 9.42. The second kappa shape index (κ2) is 4.66. The van der Waals surface area contributed by atoms with Crippen molar-refractivity contribution >= 4 is 0 Å². The molecule has 82 valence electrons. The topological polar surface area (TPSA) is 27.1 Å². The fourth-order valence-corrected chi connectivity index (χ4v) is 1.34. The van der Waals surface area contributed by atoms with Gasteiger partial charge in [-0.3, -0.25) is 0 Å². The van der Waals surface area contributed by atoms with Crippen LogP contribution in [0, 0.1) is 0 Å². The summed E-state index contributed by atoms with van der Waals surface area (Å²) in [5, 5.41) is 0. The Kier molecular flexibility index (Phi) is 3.05. The van der Waals surface area contributed by atoms with E-state index < -0.39 is 0 Å². The number of nitrogens with zero attached hydrogens (tertiary/aromatic N) is 2. The molecule has 0 N–H and O–H groups in total. The third-order valence-electron chi connectivity index (χ3n) is 2.32. The van der Waals surface area contributed by atoms with Crippen LogP contribution < -0.4 is 4.74 Å². The first kappa shape index (κ1) is 10.5. The molecule has 0 unspecified atom stereocenters. The van der Waals surface area contributed by atoms with Crippen molar-refractivity contribution in [1.82, 2.24) is 9.55 Å². The van der Waals surface area contributed by atoms with Gasteiger partial charge in [0.25, 0.3) is 0 Å². The first-order chi connectivity index (χ1) is 7.79. The molecule has 3 nitrogen and oxygen atoms in total. The lowest BCUT2D eigenvalue weighted by Crippen LogP contribution is -1.92. The molecule has 0 aliphatic rings. The number of aromatic nitrogens is 2. The molecule has 1 heterocycles. The molecule has 3 heteroatoms. The summed E-state index contributed by atoms with van der Waals surface area (Å²) in [6.07, 6.45) is 7.37. The molecule has 0 fully saturated rings. The van der Waals surface area contributed by atoms with Crippen LogP contribution in [-0.4, -0.2) is 9.55 Å². The summed E-state index contributed by atoms with van der Waals surface area (Å²) in [4.78, 5) is 4.01. The summed E-state index contributed by atoms with van der Waals surface area (Å²) in [6.45, 7) is 3.89. The number of benzene rings is 1. The van der Waals surface area contributed by atoms with Crippen molar-refractivity contribution in [2.75, 3.05) is 0 Å². The van der Waals surface area contributed by atoms with Crippen LogP contribution in [0.4, 0.5) is 0 Å². The van der Waals surface area contributed by atoms with Crippen molar-refractivity contribution in [1.29, 1.82) is 0 Å². The van der Waals surface area contributed by atoms with E-state index in [1.54, 1.807) is 12.5 Å². The van der Waals surface area contributed by atoms with Gasteiger partial charge in [0.15, 0.2) is 0 Å². The number of imidazole rings is 1. The minimum atomic E-state index is 0.847. The molecule has 0 radical (unpaired) electrons. The third-order valence-corrected chi connectivity index (χ3v) is 2.32. The molecule has 0 bridgehead atoms. The molecule has 0 saturated carbocycles. The van der Waals surface area contributed by atoms with Crippen LogP contribution in [0.2, 0.25) is 0 Å². The molecular weight excluding hydrogens is 200 g/mol. The van der Waals surface area contributed by atoms with E-state index in [9.17, 15) is 0 Å². The molecule has 0 aliphatic carbocycles. The van der Waals surface area contributed by atoms with Gasteiger partial charge in [0.1, 0.15) is 5.75 Å². The molecule has 0 amide bonds. The Bertz CT molecular complexity index is 469. The lowest BCUT2D eigenvalue weighted by Gasteiger charge is -2.06. The minimum absolute atomic E-state index is 0.847. The van der Waals surface area contributed by atoms with E-state index >= 15 is 0 Å². The van der Waals surface area contributed by atoms with Gasteiger partial charge in [-0.2, -0.15) is 0 Å². The van der Waals surface area contributed by atoms with Crippen LogP contribution in [-0.2, 0) is 0 Å². The first-order valence-corrected chi connectivity index (χ1v) is 5.19. The normalized spacial score (nSPS) is 11.5. The van der Waals surface area contributed by atoms with Crippen LogP contribution >= 0.6 is 0 Å². The van der Waals surface area contributed by atoms with Gasteiger partial charge < -0.3 is 9.30 Å². The number of hydrogen-bond acceptors (Lipinski definition) is 2. The van der Waals surface area contributed by atoms with Crippen molar-refractivity contribution in [2.24, 2.45) is 0 Å². The van der Waals surface area contributed by atoms with Gasteiger partial charge >= 0.3 is 0 Å². The number of rotatable bonds is 3. The van der Waals surface area contributed by atoms with Gasteiger partial charge in [0.05, 0.1) is 12.1 Å². The summed E-state index contributed by atoms with van der Waals surface area (Å²) in [5.41, 5.74) is 1.07. The minimum Gasteiger partial charge on any atom is -0.462 e. The van der Waals surface area contributed by atoms with Crippen molar-refractivity contribution in [3.8, 4) is 11.4 Å². The second-order valence-electron chi connectivity index (χ2n) is 3.47. The largest absolute Gasteiger partial charge is 0.462 e. The Labute approximate surface area is 95.0 Å². The average Bonchev–Trinajstić information content (AvgIpc) is 2.83. The van der Waals surface area contributed by atoms with E-state index in [1.165, 1.54) is 0 Å². The van der Waals surface area contributed by atoms with Crippen LogP contribution in [0.15, 0.2) is 54.8 Å². The molecule has 16 heavy (non-hydrogen) atoms. The third kappa shape index (κ3) is 2.31. The SMILES string of the molecule is CC=C(C)Oc1ccc(-n2ccnc2)cc1. The average molecular weight is 214 g/mol. The lowest BCUT2D eigenvalue weighted by atomic mass is 10.3. The first-order valence-electron chi connectivity index (χ1n) is 5.19. The Morgan fingerprint density at radius 1 is 1.31 bits per heavy atom. The van der Waals surface area contributed by atoms with Gasteiger partial charge in [-0.25, -0.2) is 4.98 Å². The predicted octanol–water partition coefficient (Wildman–Crippen LogP) is 3.17. The maximum Gasteiger partial charge on any atom is 0.127 e. The predicted molar refractivity (Wildman–Crippen MR) is 63.6 cm³/mol. The molecule has 2 rings (SSSR count). The Morgan fingerprint density at radius 2 is 2.06 bits per heavy atom. The number of ether oxygens (including phenoxy) is 1. The highest BCUT2D eigenvalue weighted by Crippen LogP contribution is 2.17. The summed E-state index contributed by atoms with van der Waals surface area (Å²) < 4.78 is 7.52. The molecule has 2 aromatic rings. The Balaban J connectivity index is 2.17. The quantitative estimate of drug-likeness (QED) is 0.734. The molecule has 0 spiro atoms. The summed E-state index contributed by atoms with van der Waals surface area (Å²) in [7, 11) is 0. The van der Waals surface area contributed by atoms with Gasteiger partial charge in [-0.1, -0.05) is 0 Å². The number of hydrogen-bond donors (Lipinski definition) is 0. The highest BCUT2D eigenvalue weighted by atomic mass is 16.5. The van der Waals surface area contributed by atoms with Gasteiger partial charge in [-0.15, -0.1) is 0 Å². The van der Waals surface area contributed by atoms with E-state index in [4.69, 9.17) is 4.74 Å². The summed E-state index contributed by atoms with van der Waals surface area (Å²) in [6, 6.07) is 7.89. The fourth-order valence-electron chi connectivity index (χ4n) is 1.34. The molecule has 1 aromatic heterocycles. The zero-order valence-corrected chi connectivity index (χ0v) is 9.42. The smallest absolute Gasteiger partial charge is 0.127 e. The van der Waals surface area contributed by atoms with E-state index in [0.717, 1.165) is 17.2 Å². The van der Waals surface area contributed by atoms with Crippen LogP contribution in [0.25, 0.3) is 5.69 Å². The van der Waals surface area contributed by atoms with Crippen molar-refractivity contribution in [2.45, 2.75) is 13.8 Å². The highest BCUT2D eigenvalue weighted by molar-refractivity contribution is 5.37. The molecule has 1 aromatic carbocycles. The maximum atomic E-state index is 5.57. The van der Waals surface area contributed by atoms with E-state index in [2.05, 4.69) is 4.98 Å². The van der Waals surface area contributed by atoms with Crippen LogP contribution in [0.5, 0.6) is 5.75 Å².